The number of aromatic amines is 1. The van der Waals surface area contributed by atoms with E-state index in [0.29, 0.717) is 11.4 Å². The maximum atomic E-state index is 12.7. The molecule has 9 heteroatoms. The number of nitrogens with zero attached hydrogens (tertiary/aromatic N) is 2. The first-order valence-electron chi connectivity index (χ1n) is 7.66. The van der Waals surface area contributed by atoms with Crippen molar-refractivity contribution in [2.24, 2.45) is 5.73 Å². The molecule has 0 spiro atoms. The van der Waals surface area contributed by atoms with Gasteiger partial charge in [0.2, 0.25) is 5.78 Å². The number of amides is 2. The van der Waals surface area contributed by atoms with E-state index < -0.39 is 23.6 Å². The first-order valence-corrected chi connectivity index (χ1v) is 8.61. The van der Waals surface area contributed by atoms with E-state index in [2.05, 4.69) is 20.5 Å². The molecule has 0 fully saturated rings. The van der Waals surface area contributed by atoms with E-state index >= 15 is 0 Å². The maximum absolute atomic E-state index is 12.7. The van der Waals surface area contributed by atoms with Crippen molar-refractivity contribution < 1.29 is 14.4 Å². The van der Waals surface area contributed by atoms with Crippen LogP contribution in [0.3, 0.4) is 0 Å². The smallest absolute Gasteiger partial charge is 0.287 e. The van der Waals surface area contributed by atoms with Crippen LogP contribution in [0.4, 0.5) is 0 Å². The predicted molar refractivity (Wildman–Crippen MR) is 95.3 cm³/mol. The number of carbonyl (C=O) groups excluding carboxylic acids is 3. The van der Waals surface area contributed by atoms with Crippen molar-refractivity contribution in [2.45, 2.75) is 12.5 Å². The largest absolute Gasteiger partial charge is 0.363 e. The van der Waals surface area contributed by atoms with Gasteiger partial charge in [-0.25, -0.2) is 0 Å². The fraction of sp³-hybridized carbons (Fsp3) is 0.118. The van der Waals surface area contributed by atoms with E-state index in [1.54, 1.807) is 24.4 Å². The molecule has 0 bridgehead atoms. The summed E-state index contributed by atoms with van der Waals surface area (Å²) in [6, 6.07) is 6.01. The Morgan fingerprint density at radius 2 is 2.12 bits per heavy atom. The van der Waals surface area contributed by atoms with Crippen LogP contribution in [-0.4, -0.2) is 38.8 Å². The molecule has 1 atom stereocenters. The zero-order valence-electron chi connectivity index (χ0n) is 13.5. The van der Waals surface area contributed by atoms with Crippen molar-refractivity contribution in [2.75, 3.05) is 0 Å². The summed E-state index contributed by atoms with van der Waals surface area (Å²) < 4.78 is 0. The number of carbonyl (C=O) groups is 3. The summed E-state index contributed by atoms with van der Waals surface area (Å²) in [5, 5.41) is 12.9. The maximum Gasteiger partial charge on any atom is 0.287 e. The number of nitrogens with two attached hydrogens (primary N) is 1. The average molecular weight is 369 g/mol. The second-order valence-electron chi connectivity index (χ2n) is 5.46. The molecular weight excluding hydrogens is 354 g/mol. The van der Waals surface area contributed by atoms with Gasteiger partial charge in [-0.2, -0.15) is 16.4 Å². The molecule has 3 rings (SSSR count). The first kappa shape index (κ1) is 17.5. The highest BCUT2D eigenvalue weighted by Gasteiger charge is 2.27. The van der Waals surface area contributed by atoms with Crippen LogP contribution in [0.5, 0.6) is 0 Å². The molecule has 0 aliphatic rings. The molecule has 4 N–H and O–H groups in total. The predicted octanol–water partition coefficient (Wildman–Crippen LogP) is 0.929. The fourth-order valence-corrected chi connectivity index (χ4v) is 3.11. The second kappa shape index (κ2) is 7.70. The highest BCUT2D eigenvalue weighted by molar-refractivity contribution is 7.07. The van der Waals surface area contributed by atoms with Crippen LogP contribution in [0.15, 0.2) is 47.4 Å². The molecule has 0 saturated carbocycles. The third kappa shape index (κ3) is 3.83. The lowest BCUT2D eigenvalue weighted by Crippen LogP contribution is -2.47. The molecular formula is C17H15N5O3S. The van der Waals surface area contributed by atoms with E-state index in [1.165, 1.54) is 17.5 Å². The molecule has 8 nitrogen and oxygen atoms in total. The van der Waals surface area contributed by atoms with Crippen molar-refractivity contribution in [3.05, 3.63) is 58.5 Å². The number of primary amides is 1. The van der Waals surface area contributed by atoms with Gasteiger partial charge in [0.1, 0.15) is 6.04 Å². The molecule has 132 valence electrons. The molecule has 3 aromatic heterocycles. The van der Waals surface area contributed by atoms with E-state index in [0.717, 1.165) is 5.56 Å². The monoisotopic (exact) mass is 369 g/mol. The highest BCUT2D eigenvalue weighted by atomic mass is 32.1. The lowest BCUT2D eigenvalue weighted by molar-refractivity contribution is -0.137. The number of rotatable bonds is 7. The van der Waals surface area contributed by atoms with Gasteiger partial charge in [-0.15, -0.1) is 0 Å². The summed E-state index contributed by atoms with van der Waals surface area (Å²) in [6.07, 6.45) is 3.11. The van der Waals surface area contributed by atoms with Crippen molar-refractivity contribution in [1.82, 2.24) is 20.5 Å². The Kier molecular flexibility index (Phi) is 5.18. The summed E-state index contributed by atoms with van der Waals surface area (Å²) >= 11 is 1.45. The fourth-order valence-electron chi connectivity index (χ4n) is 2.43. The summed E-state index contributed by atoms with van der Waals surface area (Å²) in [4.78, 5) is 40.3. The molecule has 3 heterocycles. The number of Topliss-reactive ketones (excluding diaryl/α,β-unsaturated/α-hetero) is 1. The Hall–Kier alpha value is -3.33. The van der Waals surface area contributed by atoms with Gasteiger partial charge in [0.25, 0.3) is 11.8 Å². The second-order valence-corrected chi connectivity index (χ2v) is 6.24. The van der Waals surface area contributed by atoms with Gasteiger partial charge in [-0.3, -0.25) is 24.5 Å². The normalized spacial score (nSPS) is 11.7. The van der Waals surface area contributed by atoms with Gasteiger partial charge >= 0.3 is 0 Å². The van der Waals surface area contributed by atoms with Gasteiger partial charge in [0.15, 0.2) is 0 Å². The molecule has 26 heavy (non-hydrogen) atoms. The summed E-state index contributed by atoms with van der Waals surface area (Å²) in [7, 11) is 0. The van der Waals surface area contributed by atoms with Crippen LogP contribution < -0.4 is 11.1 Å². The van der Waals surface area contributed by atoms with Crippen LogP contribution in [0.25, 0.3) is 11.4 Å². The third-order valence-electron chi connectivity index (χ3n) is 3.69. The third-order valence-corrected chi connectivity index (χ3v) is 4.42. The molecule has 3 aromatic rings. The highest BCUT2D eigenvalue weighted by Crippen LogP contribution is 2.18. The minimum atomic E-state index is -1.09. The SMILES string of the molecule is NC(=O)C(=O)C(Cc1ccsc1)NC(=O)c1cn[nH]c1-c1ccccn1. The Balaban J connectivity index is 1.83. The number of pyridine rings is 1. The molecule has 0 aliphatic carbocycles. The van der Waals surface area contributed by atoms with Crippen LogP contribution in [-0.2, 0) is 16.0 Å². The van der Waals surface area contributed by atoms with E-state index in [1.807, 2.05) is 16.8 Å². The van der Waals surface area contributed by atoms with Gasteiger partial charge in [-0.1, -0.05) is 6.07 Å². The Morgan fingerprint density at radius 1 is 1.27 bits per heavy atom. The molecule has 1 unspecified atom stereocenters. The lowest BCUT2D eigenvalue weighted by atomic mass is 10.0. The number of thiophene rings is 1. The van der Waals surface area contributed by atoms with Crippen molar-refractivity contribution in [3.63, 3.8) is 0 Å². The molecule has 0 radical (unpaired) electrons. The first-order chi connectivity index (χ1) is 12.6. The Morgan fingerprint density at radius 3 is 2.77 bits per heavy atom. The van der Waals surface area contributed by atoms with Crippen LogP contribution >= 0.6 is 11.3 Å². The summed E-state index contributed by atoms with van der Waals surface area (Å²) in [5.41, 5.74) is 7.11. The minimum Gasteiger partial charge on any atom is -0.363 e. The Labute approximate surface area is 152 Å². The van der Waals surface area contributed by atoms with E-state index in [9.17, 15) is 14.4 Å². The zero-order chi connectivity index (χ0) is 18.5. The van der Waals surface area contributed by atoms with E-state index in [-0.39, 0.29) is 12.0 Å². The van der Waals surface area contributed by atoms with Gasteiger partial charge < -0.3 is 11.1 Å². The van der Waals surface area contributed by atoms with E-state index in [4.69, 9.17) is 5.73 Å². The van der Waals surface area contributed by atoms with Gasteiger partial charge in [0.05, 0.1) is 23.1 Å². The quantitative estimate of drug-likeness (QED) is 0.533. The number of ketones is 1. The lowest BCUT2D eigenvalue weighted by Gasteiger charge is -2.15. The van der Waals surface area contributed by atoms with Gasteiger partial charge in [0, 0.05) is 12.6 Å². The van der Waals surface area contributed by atoms with Crippen molar-refractivity contribution >= 4 is 28.9 Å². The van der Waals surface area contributed by atoms with Crippen LogP contribution in [0.2, 0.25) is 0 Å². The number of H-pyrrole nitrogens is 1. The summed E-state index contributed by atoms with van der Waals surface area (Å²) in [5.74, 6) is -2.50. The molecule has 0 saturated heterocycles. The molecule has 0 aromatic carbocycles. The standard InChI is InChI=1S/C17H15N5O3S/c18-16(24)15(23)13(7-10-4-6-26-9-10)21-17(25)11-8-20-22-14(11)12-3-1-2-5-19-12/h1-6,8-9,13H,7H2,(H2,18,24)(H,20,22)(H,21,25). The number of hydrogen-bond donors (Lipinski definition) is 3. The van der Waals surface area contributed by atoms with Gasteiger partial charge in [-0.05, 0) is 34.5 Å². The topological polar surface area (TPSA) is 131 Å². The molecule has 2 amide bonds. The van der Waals surface area contributed by atoms with Crippen LogP contribution in [0, 0.1) is 0 Å². The summed E-state index contributed by atoms with van der Waals surface area (Å²) in [6.45, 7) is 0. The number of nitrogens with one attached hydrogen (secondary N) is 2. The van der Waals surface area contributed by atoms with Crippen LogP contribution in [0.1, 0.15) is 15.9 Å². The number of hydrogen-bond acceptors (Lipinski definition) is 6. The van der Waals surface area contributed by atoms with Crippen molar-refractivity contribution in [1.29, 1.82) is 0 Å². The average Bonchev–Trinajstić information content (AvgIpc) is 3.32. The van der Waals surface area contributed by atoms with Crippen molar-refractivity contribution in [3.8, 4) is 11.4 Å². The minimum absolute atomic E-state index is 0.174. The molecule has 0 aliphatic heterocycles. The zero-order valence-corrected chi connectivity index (χ0v) is 14.3. The Bertz CT molecular complexity index is 921. The number of aromatic nitrogens is 3.